The fraction of sp³-hybridized carbons (Fsp3) is 0.0870. The third-order valence-electron chi connectivity index (χ3n) is 4.33. The molecule has 0 unspecified atom stereocenters. The molecule has 6 nitrogen and oxygen atoms in total. The summed E-state index contributed by atoms with van der Waals surface area (Å²) in [7, 11) is 0. The second-order valence-electron chi connectivity index (χ2n) is 6.50. The summed E-state index contributed by atoms with van der Waals surface area (Å²) in [6.45, 7) is 3.83. The van der Waals surface area contributed by atoms with E-state index in [1.54, 1.807) is 36.4 Å². The van der Waals surface area contributed by atoms with Gasteiger partial charge in [0.2, 0.25) is 0 Å². The predicted octanol–water partition coefficient (Wildman–Crippen LogP) is 4.81. The number of nitriles is 1. The van der Waals surface area contributed by atoms with E-state index in [-0.39, 0.29) is 16.9 Å². The molecule has 29 heavy (non-hydrogen) atoms. The number of benzene rings is 2. The van der Waals surface area contributed by atoms with Gasteiger partial charge in [-0.25, -0.2) is 4.79 Å². The number of hydrogen-bond donors (Lipinski definition) is 2. The van der Waals surface area contributed by atoms with E-state index in [2.05, 4.69) is 5.32 Å². The van der Waals surface area contributed by atoms with Crippen molar-refractivity contribution in [3.8, 4) is 17.4 Å². The van der Waals surface area contributed by atoms with Crippen LogP contribution in [0.1, 0.15) is 27.2 Å². The summed E-state index contributed by atoms with van der Waals surface area (Å²) in [4.78, 5) is 23.9. The van der Waals surface area contributed by atoms with Crippen molar-refractivity contribution in [2.24, 2.45) is 0 Å². The third kappa shape index (κ3) is 4.42. The van der Waals surface area contributed by atoms with Crippen molar-refractivity contribution in [2.45, 2.75) is 13.8 Å². The van der Waals surface area contributed by atoms with E-state index in [1.807, 2.05) is 32.0 Å². The lowest BCUT2D eigenvalue weighted by Gasteiger charge is -2.08. The molecule has 0 fully saturated rings. The number of carboxylic acids is 1. The highest BCUT2D eigenvalue weighted by Gasteiger charge is 2.15. The molecule has 1 aromatic heterocycles. The van der Waals surface area contributed by atoms with Gasteiger partial charge in [0.15, 0.2) is 0 Å². The largest absolute Gasteiger partial charge is 0.478 e. The number of carboxylic acid groups (broad SMARTS) is 1. The molecule has 1 heterocycles. The van der Waals surface area contributed by atoms with Crippen LogP contribution in [0.15, 0.2) is 64.6 Å². The van der Waals surface area contributed by atoms with E-state index in [0.717, 1.165) is 11.1 Å². The standard InChI is InChI=1S/C23H18N2O4/c1-14-7-9-20(15(2)11-14)25-22(26)16(13-24)12-17-8-10-21(29-17)18-5-3-4-6-19(18)23(27)28/h3-12H,1-2H3,(H,25,26)(H,27,28). The van der Waals surface area contributed by atoms with Crippen molar-refractivity contribution in [3.63, 3.8) is 0 Å². The number of hydrogen-bond acceptors (Lipinski definition) is 4. The number of aryl methyl sites for hydroxylation is 2. The van der Waals surface area contributed by atoms with Gasteiger partial charge in [-0.05, 0) is 43.7 Å². The smallest absolute Gasteiger partial charge is 0.336 e. The van der Waals surface area contributed by atoms with Crippen LogP contribution in [0.3, 0.4) is 0 Å². The third-order valence-corrected chi connectivity index (χ3v) is 4.33. The molecule has 1 amide bonds. The molecule has 0 saturated heterocycles. The second kappa shape index (κ2) is 8.28. The van der Waals surface area contributed by atoms with E-state index in [1.165, 1.54) is 12.1 Å². The summed E-state index contributed by atoms with van der Waals surface area (Å²) in [5, 5.41) is 21.4. The van der Waals surface area contributed by atoms with E-state index in [4.69, 9.17) is 4.42 Å². The number of furan rings is 1. The monoisotopic (exact) mass is 386 g/mol. The van der Waals surface area contributed by atoms with Gasteiger partial charge in [0.25, 0.3) is 5.91 Å². The van der Waals surface area contributed by atoms with Crippen LogP contribution in [0, 0.1) is 25.2 Å². The Labute approximate surface area is 167 Å². The molecular formula is C23H18N2O4. The topological polar surface area (TPSA) is 103 Å². The van der Waals surface area contributed by atoms with Gasteiger partial charge in [0.1, 0.15) is 23.2 Å². The summed E-state index contributed by atoms with van der Waals surface area (Å²) in [5.41, 5.74) is 2.97. The molecule has 0 aliphatic carbocycles. The van der Waals surface area contributed by atoms with Crippen molar-refractivity contribution in [3.05, 3.63) is 82.6 Å². The second-order valence-corrected chi connectivity index (χ2v) is 6.50. The first-order chi connectivity index (χ1) is 13.9. The highest BCUT2D eigenvalue weighted by atomic mass is 16.4. The van der Waals surface area contributed by atoms with Gasteiger partial charge in [-0.15, -0.1) is 0 Å². The van der Waals surface area contributed by atoms with Gasteiger partial charge in [-0.1, -0.05) is 35.9 Å². The minimum absolute atomic E-state index is 0.102. The molecule has 6 heteroatoms. The fourth-order valence-electron chi connectivity index (χ4n) is 2.89. The lowest BCUT2D eigenvalue weighted by molar-refractivity contribution is -0.112. The van der Waals surface area contributed by atoms with E-state index in [0.29, 0.717) is 17.0 Å². The quantitative estimate of drug-likeness (QED) is 0.484. The zero-order valence-electron chi connectivity index (χ0n) is 15.9. The van der Waals surface area contributed by atoms with E-state index in [9.17, 15) is 20.0 Å². The Hall–Kier alpha value is -4.11. The van der Waals surface area contributed by atoms with Crippen LogP contribution in [0.25, 0.3) is 17.4 Å². The molecule has 0 aliphatic rings. The molecule has 0 bridgehead atoms. The summed E-state index contributed by atoms with van der Waals surface area (Å²) >= 11 is 0. The first-order valence-electron chi connectivity index (χ1n) is 8.82. The Kier molecular flexibility index (Phi) is 5.61. The van der Waals surface area contributed by atoms with Crippen LogP contribution in [0.5, 0.6) is 0 Å². The van der Waals surface area contributed by atoms with Crippen molar-refractivity contribution < 1.29 is 19.1 Å². The van der Waals surface area contributed by atoms with Crippen LogP contribution in [0.4, 0.5) is 5.69 Å². The van der Waals surface area contributed by atoms with Gasteiger partial charge in [0.05, 0.1) is 5.56 Å². The molecule has 0 saturated carbocycles. The number of nitrogens with zero attached hydrogens (tertiary/aromatic N) is 1. The highest BCUT2D eigenvalue weighted by Crippen LogP contribution is 2.27. The van der Waals surface area contributed by atoms with Gasteiger partial charge in [-0.3, -0.25) is 4.79 Å². The predicted molar refractivity (Wildman–Crippen MR) is 109 cm³/mol. The maximum absolute atomic E-state index is 12.5. The molecule has 0 radical (unpaired) electrons. The zero-order chi connectivity index (χ0) is 21.0. The average molecular weight is 386 g/mol. The van der Waals surface area contributed by atoms with Crippen molar-refractivity contribution in [2.75, 3.05) is 5.32 Å². The first kappa shape index (κ1) is 19.6. The maximum atomic E-state index is 12.5. The Balaban J connectivity index is 1.86. The van der Waals surface area contributed by atoms with Crippen molar-refractivity contribution in [1.82, 2.24) is 0 Å². The highest BCUT2D eigenvalue weighted by molar-refractivity contribution is 6.09. The molecule has 0 spiro atoms. The molecular weight excluding hydrogens is 368 g/mol. The minimum atomic E-state index is -1.07. The summed E-state index contributed by atoms with van der Waals surface area (Å²) < 4.78 is 5.66. The van der Waals surface area contributed by atoms with Gasteiger partial charge >= 0.3 is 5.97 Å². The molecule has 3 rings (SSSR count). The molecule has 3 aromatic rings. The van der Waals surface area contributed by atoms with Crippen LogP contribution >= 0.6 is 0 Å². The first-order valence-corrected chi connectivity index (χ1v) is 8.82. The zero-order valence-corrected chi connectivity index (χ0v) is 15.9. The van der Waals surface area contributed by atoms with Crippen LogP contribution < -0.4 is 5.32 Å². The Morgan fingerprint density at radius 1 is 1.10 bits per heavy atom. The number of amides is 1. The lowest BCUT2D eigenvalue weighted by Crippen LogP contribution is -2.14. The number of carbonyl (C=O) groups excluding carboxylic acids is 1. The normalized spacial score (nSPS) is 11.0. The number of carbonyl (C=O) groups is 2. The van der Waals surface area contributed by atoms with Gasteiger partial charge in [0, 0.05) is 17.3 Å². The summed E-state index contributed by atoms with van der Waals surface area (Å²) in [6, 6.07) is 17.1. The van der Waals surface area contributed by atoms with Crippen LogP contribution in [-0.2, 0) is 4.79 Å². The van der Waals surface area contributed by atoms with Crippen molar-refractivity contribution >= 4 is 23.6 Å². The number of nitrogens with one attached hydrogen (secondary N) is 1. The Morgan fingerprint density at radius 3 is 2.55 bits per heavy atom. The lowest BCUT2D eigenvalue weighted by atomic mass is 10.1. The number of aromatic carboxylic acids is 1. The SMILES string of the molecule is Cc1ccc(NC(=O)C(C#N)=Cc2ccc(-c3ccccc3C(=O)O)o2)c(C)c1. The van der Waals surface area contributed by atoms with Crippen LogP contribution in [0.2, 0.25) is 0 Å². The minimum Gasteiger partial charge on any atom is -0.478 e. The number of rotatable bonds is 5. The molecule has 2 N–H and O–H groups in total. The Morgan fingerprint density at radius 2 is 1.86 bits per heavy atom. The molecule has 2 aromatic carbocycles. The maximum Gasteiger partial charge on any atom is 0.336 e. The average Bonchev–Trinajstić information content (AvgIpc) is 3.16. The van der Waals surface area contributed by atoms with E-state index >= 15 is 0 Å². The van der Waals surface area contributed by atoms with Crippen molar-refractivity contribution in [1.29, 1.82) is 5.26 Å². The van der Waals surface area contributed by atoms with Gasteiger partial charge < -0.3 is 14.8 Å². The van der Waals surface area contributed by atoms with E-state index < -0.39 is 11.9 Å². The fourth-order valence-corrected chi connectivity index (χ4v) is 2.89. The summed E-state index contributed by atoms with van der Waals surface area (Å²) in [6.07, 6.45) is 1.33. The van der Waals surface area contributed by atoms with Gasteiger partial charge in [-0.2, -0.15) is 5.26 Å². The van der Waals surface area contributed by atoms with Crippen LogP contribution in [-0.4, -0.2) is 17.0 Å². The molecule has 0 atom stereocenters. The molecule has 144 valence electrons. The summed E-state index contributed by atoms with van der Waals surface area (Å²) in [5.74, 6) is -1.02. The Bertz CT molecular complexity index is 1170. The molecule has 0 aliphatic heterocycles. The number of anilines is 1.